The molecule has 0 aromatic heterocycles. The van der Waals surface area contributed by atoms with Gasteiger partial charge in [0.25, 0.3) is 5.91 Å². The maximum Gasteiger partial charge on any atom is 0.340 e. The molecule has 1 amide bonds. The van der Waals surface area contributed by atoms with Crippen LogP contribution in [0.5, 0.6) is 0 Å². The van der Waals surface area contributed by atoms with Crippen LogP contribution in [0.1, 0.15) is 29.8 Å². The second-order valence-electron chi connectivity index (χ2n) is 5.56. The zero-order chi connectivity index (χ0) is 19.3. The van der Waals surface area contributed by atoms with E-state index in [1.807, 2.05) is 0 Å². The summed E-state index contributed by atoms with van der Waals surface area (Å²) in [5, 5.41) is 0. The Kier molecular flexibility index (Phi) is 6.11. The third kappa shape index (κ3) is 3.74. The first-order valence-corrected chi connectivity index (χ1v) is 8.15. The molecule has 0 aliphatic carbocycles. The number of amides is 1. The molecule has 1 aromatic rings. The summed E-state index contributed by atoms with van der Waals surface area (Å²) < 4.78 is 9.76. The molecule has 0 unspecified atom stereocenters. The van der Waals surface area contributed by atoms with E-state index in [9.17, 15) is 14.4 Å². The molecule has 136 valence electrons. The molecule has 0 radical (unpaired) electrons. The summed E-state index contributed by atoms with van der Waals surface area (Å²) in [6.45, 7) is 7.57. The van der Waals surface area contributed by atoms with Crippen LogP contribution >= 0.6 is 0 Å². The Balaban J connectivity index is 2.45. The quantitative estimate of drug-likeness (QED) is 0.446. The van der Waals surface area contributed by atoms with Gasteiger partial charge in [0.05, 0.1) is 30.4 Å². The minimum Gasteiger partial charge on any atom is -0.465 e. The van der Waals surface area contributed by atoms with E-state index in [1.54, 1.807) is 50.3 Å². The highest BCUT2D eigenvalue weighted by molar-refractivity contribution is 6.16. The van der Waals surface area contributed by atoms with Crippen molar-refractivity contribution in [2.45, 2.75) is 13.8 Å². The second kappa shape index (κ2) is 8.29. The Bertz CT molecular complexity index is 802. The van der Waals surface area contributed by atoms with Gasteiger partial charge in [-0.25, -0.2) is 9.59 Å². The van der Waals surface area contributed by atoms with Crippen molar-refractivity contribution in [1.82, 2.24) is 4.90 Å². The lowest BCUT2D eigenvalue weighted by molar-refractivity contribution is -0.138. The number of carbonyl (C=O) groups is 3. The van der Waals surface area contributed by atoms with E-state index in [0.717, 1.165) is 0 Å². The van der Waals surface area contributed by atoms with Gasteiger partial charge in [-0.05, 0) is 37.6 Å². The van der Waals surface area contributed by atoms with Crippen LogP contribution in [-0.4, -0.2) is 43.0 Å². The topological polar surface area (TPSA) is 72.9 Å². The van der Waals surface area contributed by atoms with Gasteiger partial charge in [0, 0.05) is 12.2 Å². The molecule has 0 fully saturated rings. The molecule has 1 aliphatic rings. The first-order chi connectivity index (χ1) is 12.4. The van der Waals surface area contributed by atoms with Crippen LogP contribution in [0.3, 0.4) is 0 Å². The largest absolute Gasteiger partial charge is 0.465 e. The van der Waals surface area contributed by atoms with Crippen molar-refractivity contribution < 1.29 is 23.9 Å². The van der Waals surface area contributed by atoms with Gasteiger partial charge < -0.3 is 14.4 Å². The Hall–Kier alpha value is -3.15. The predicted octanol–water partition coefficient (Wildman–Crippen LogP) is 2.72. The third-order valence-electron chi connectivity index (χ3n) is 3.95. The van der Waals surface area contributed by atoms with Gasteiger partial charge in [-0.15, -0.1) is 6.58 Å². The molecule has 0 N–H and O–H groups in total. The Morgan fingerprint density at radius 2 is 1.85 bits per heavy atom. The van der Waals surface area contributed by atoms with Gasteiger partial charge in [0.1, 0.15) is 0 Å². The number of methoxy groups -OCH3 is 1. The van der Waals surface area contributed by atoms with E-state index >= 15 is 0 Å². The van der Waals surface area contributed by atoms with Crippen LogP contribution in [-0.2, 0) is 19.1 Å². The van der Waals surface area contributed by atoms with Crippen molar-refractivity contribution in [2.24, 2.45) is 0 Å². The van der Waals surface area contributed by atoms with E-state index in [4.69, 9.17) is 4.74 Å². The average molecular weight is 355 g/mol. The minimum absolute atomic E-state index is 0.215. The maximum absolute atomic E-state index is 12.7. The van der Waals surface area contributed by atoms with E-state index in [0.29, 0.717) is 23.4 Å². The molecule has 6 heteroatoms. The van der Waals surface area contributed by atoms with Crippen LogP contribution in [0.25, 0.3) is 6.08 Å². The Morgan fingerprint density at radius 3 is 2.38 bits per heavy atom. The average Bonchev–Trinajstić information content (AvgIpc) is 2.86. The van der Waals surface area contributed by atoms with E-state index in [-0.39, 0.29) is 23.7 Å². The SMILES string of the molecule is C=CCN1C(=O)/C(=C\c2ccc(C(=O)OC)cc2)C(C(=O)OCC)=C1C. The molecular weight excluding hydrogens is 334 g/mol. The number of ether oxygens (including phenoxy) is 2. The number of allylic oxidation sites excluding steroid dienone is 1. The fourth-order valence-electron chi connectivity index (χ4n) is 2.68. The lowest BCUT2D eigenvalue weighted by Gasteiger charge is -2.14. The summed E-state index contributed by atoms with van der Waals surface area (Å²) >= 11 is 0. The van der Waals surface area contributed by atoms with Crippen molar-refractivity contribution in [2.75, 3.05) is 20.3 Å². The zero-order valence-electron chi connectivity index (χ0n) is 15.1. The highest BCUT2D eigenvalue weighted by atomic mass is 16.5. The van der Waals surface area contributed by atoms with Crippen molar-refractivity contribution >= 4 is 23.9 Å². The Labute approximate surface area is 152 Å². The maximum atomic E-state index is 12.7. The third-order valence-corrected chi connectivity index (χ3v) is 3.95. The molecule has 1 aromatic carbocycles. The smallest absolute Gasteiger partial charge is 0.340 e. The first-order valence-electron chi connectivity index (χ1n) is 8.15. The van der Waals surface area contributed by atoms with Gasteiger partial charge in [0.2, 0.25) is 0 Å². The normalized spacial score (nSPS) is 15.4. The number of benzene rings is 1. The zero-order valence-corrected chi connectivity index (χ0v) is 15.1. The summed E-state index contributed by atoms with van der Waals surface area (Å²) in [6, 6.07) is 6.56. The summed E-state index contributed by atoms with van der Waals surface area (Å²) in [5.74, 6) is -1.27. The van der Waals surface area contributed by atoms with Gasteiger partial charge in [-0.3, -0.25) is 4.79 Å². The molecule has 2 rings (SSSR count). The minimum atomic E-state index is -0.539. The fraction of sp³-hybridized carbons (Fsp3) is 0.250. The summed E-state index contributed by atoms with van der Waals surface area (Å²) in [7, 11) is 1.31. The number of hydrogen-bond acceptors (Lipinski definition) is 5. The van der Waals surface area contributed by atoms with Crippen molar-refractivity contribution in [3.63, 3.8) is 0 Å². The number of esters is 2. The molecular formula is C20H21NO5. The van der Waals surface area contributed by atoms with E-state index < -0.39 is 11.9 Å². The van der Waals surface area contributed by atoms with Crippen LogP contribution < -0.4 is 0 Å². The molecule has 0 bridgehead atoms. The standard InChI is InChI=1S/C20H21NO5/c1-5-11-21-13(3)17(20(24)26-6-2)16(18(21)22)12-14-7-9-15(10-8-14)19(23)25-4/h5,7-10,12H,1,6,11H2,2-4H3/b16-12-. The highest BCUT2D eigenvalue weighted by Crippen LogP contribution is 2.31. The van der Waals surface area contributed by atoms with E-state index in [2.05, 4.69) is 11.3 Å². The van der Waals surface area contributed by atoms with E-state index in [1.165, 1.54) is 12.0 Å². The molecule has 0 saturated heterocycles. The number of carbonyl (C=O) groups excluding carboxylic acids is 3. The lowest BCUT2D eigenvalue weighted by Crippen LogP contribution is -2.24. The summed E-state index contributed by atoms with van der Waals surface area (Å²) in [5.41, 5.74) is 2.12. The monoisotopic (exact) mass is 355 g/mol. The fourth-order valence-corrected chi connectivity index (χ4v) is 2.68. The summed E-state index contributed by atoms with van der Waals surface area (Å²) in [6.07, 6.45) is 3.21. The molecule has 6 nitrogen and oxygen atoms in total. The first kappa shape index (κ1) is 19.2. The van der Waals surface area contributed by atoms with Crippen molar-refractivity contribution in [1.29, 1.82) is 0 Å². The number of rotatable bonds is 6. The highest BCUT2D eigenvalue weighted by Gasteiger charge is 2.36. The molecule has 1 aliphatic heterocycles. The van der Waals surface area contributed by atoms with Crippen molar-refractivity contribution in [3.8, 4) is 0 Å². The van der Waals surface area contributed by atoms with Gasteiger partial charge in [-0.1, -0.05) is 18.2 Å². The Morgan fingerprint density at radius 1 is 1.19 bits per heavy atom. The predicted molar refractivity (Wildman–Crippen MR) is 97.0 cm³/mol. The molecule has 26 heavy (non-hydrogen) atoms. The summed E-state index contributed by atoms with van der Waals surface area (Å²) in [4.78, 5) is 38.1. The van der Waals surface area contributed by atoms with Gasteiger partial charge in [0.15, 0.2) is 0 Å². The second-order valence-corrected chi connectivity index (χ2v) is 5.56. The molecule has 1 heterocycles. The number of hydrogen-bond donors (Lipinski definition) is 0. The van der Waals surface area contributed by atoms with Crippen LogP contribution in [0.15, 0.2) is 53.8 Å². The lowest BCUT2D eigenvalue weighted by atomic mass is 10.0. The van der Waals surface area contributed by atoms with Crippen LogP contribution in [0.4, 0.5) is 0 Å². The molecule has 0 saturated carbocycles. The molecule has 0 spiro atoms. The number of nitrogens with zero attached hydrogens (tertiary/aromatic N) is 1. The van der Waals surface area contributed by atoms with Gasteiger partial charge >= 0.3 is 11.9 Å². The van der Waals surface area contributed by atoms with Crippen molar-refractivity contribution in [3.05, 3.63) is 64.9 Å². The van der Waals surface area contributed by atoms with Crippen LogP contribution in [0.2, 0.25) is 0 Å². The van der Waals surface area contributed by atoms with Crippen LogP contribution in [0, 0.1) is 0 Å². The van der Waals surface area contributed by atoms with Gasteiger partial charge in [-0.2, -0.15) is 0 Å². The molecule has 0 atom stereocenters.